The van der Waals surface area contributed by atoms with Gasteiger partial charge in [-0.05, 0) is 20.8 Å². The van der Waals surface area contributed by atoms with Gasteiger partial charge in [0, 0.05) is 13.1 Å². The van der Waals surface area contributed by atoms with Crippen molar-refractivity contribution in [1.82, 2.24) is 9.97 Å². The molecule has 2 rings (SSSR count). The van der Waals surface area contributed by atoms with Crippen molar-refractivity contribution in [2.24, 2.45) is 5.84 Å². The Kier molecular flexibility index (Phi) is 3.77. The highest BCUT2D eigenvalue weighted by Gasteiger charge is 2.33. The van der Waals surface area contributed by atoms with Crippen LogP contribution in [-0.4, -0.2) is 41.9 Å². The maximum atomic E-state index is 5.89. The first-order chi connectivity index (χ1) is 8.96. The number of morpholine rings is 1. The van der Waals surface area contributed by atoms with Crippen molar-refractivity contribution in [3.8, 4) is 5.75 Å². The van der Waals surface area contributed by atoms with Gasteiger partial charge in [-0.15, -0.1) is 0 Å². The number of anilines is 2. The van der Waals surface area contributed by atoms with Crippen LogP contribution in [0.5, 0.6) is 5.75 Å². The Hall–Kier alpha value is -1.60. The third-order valence-corrected chi connectivity index (χ3v) is 2.99. The van der Waals surface area contributed by atoms with E-state index in [1.807, 2.05) is 6.92 Å². The molecule has 1 aromatic heterocycles. The molecule has 2 heterocycles. The molecule has 0 aromatic carbocycles. The van der Waals surface area contributed by atoms with E-state index in [0.29, 0.717) is 11.6 Å². The minimum absolute atomic E-state index is 0.123. The van der Waals surface area contributed by atoms with Crippen molar-refractivity contribution in [3.63, 3.8) is 0 Å². The van der Waals surface area contributed by atoms with Gasteiger partial charge in [-0.2, -0.15) is 0 Å². The smallest absolute Gasteiger partial charge is 0.205 e. The highest BCUT2D eigenvalue weighted by molar-refractivity contribution is 5.64. The van der Waals surface area contributed by atoms with Crippen molar-refractivity contribution in [3.05, 3.63) is 6.33 Å². The van der Waals surface area contributed by atoms with Gasteiger partial charge in [0.2, 0.25) is 5.75 Å². The SMILES string of the molecule is COc1c(NN)ncnc1N1CC(C)OC(C)(C)C1. The molecule has 1 fully saturated rings. The number of hydrogen-bond donors (Lipinski definition) is 2. The molecule has 0 amide bonds. The Morgan fingerprint density at radius 1 is 1.53 bits per heavy atom. The lowest BCUT2D eigenvalue weighted by Gasteiger charge is -2.42. The maximum Gasteiger partial charge on any atom is 0.205 e. The monoisotopic (exact) mass is 267 g/mol. The number of nitrogens with one attached hydrogen (secondary N) is 1. The maximum absolute atomic E-state index is 5.89. The molecule has 7 nitrogen and oxygen atoms in total. The number of nitrogens with two attached hydrogens (primary N) is 1. The van der Waals surface area contributed by atoms with Gasteiger partial charge in [0.25, 0.3) is 0 Å². The molecule has 7 heteroatoms. The minimum atomic E-state index is -0.232. The van der Waals surface area contributed by atoms with Crippen LogP contribution in [0.25, 0.3) is 0 Å². The standard InChI is InChI=1S/C12H21N5O2/c1-8-5-17(6-12(2,3)19-8)11-9(18-4)10(16-13)14-7-15-11/h7-8H,5-6,13H2,1-4H3,(H,14,15,16). The quantitative estimate of drug-likeness (QED) is 0.618. The number of hydrazine groups is 1. The number of aromatic nitrogens is 2. The van der Waals surface area contributed by atoms with E-state index < -0.39 is 0 Å². The molecule has 0 radical (unpaired) electrons. The van der Waals surface area contributed by atoms with Crippen LogP contribution in [0, 0.1) is 0 Å². The van der Waals surface area contributed by atoms with Gasteiger partial charge in [0.1, 0.15) is 6.33 Å². The molecule has 1 atom stereocenters. The lowest BCUT2D eigenvalue weighted by Crippen LogP contribution is -2.52. The third-order valence-electron chi connectivity index (χ3n) is 2.99. The number of methoxy groups -OCH3 is 1. The van der Waals surface area contributed by atoms with Gasteiger partial charge in [-0.3, -0.25) is 0 Å². The molecule has 1 saturated heterocycles. The highest BCUT2D eigenvalue weighted by Crippen LogP contribution is 2.34. The van der Waals surface area contributed by atoms with E-state index in [0.717, 1.165) is 18.9 Å². The first-order valence-corrected chi connectivity index (χ1v) is 6.25. The zero-order valence-corrected chi connectivity index (χ0v) is 11.8. The van der Waals surface area contributed by atoms with Crippen molar-refractivity contribution >= 4 is 11.6 Å². The zero-order valence-electron chi connectivity index (χ0n) is 11.8. The first kappa shape index (κ1) is 13.8. The molecule has 106 valence electrons. The van der Waals surface area contributed by atoms with Crippen molar-refractivity contribution in [1.29, 1.82) is 0 Å². The molecule has 1 aromatic rings. The van der Waals surface area contributed by atoms with Crippen LogP contribution >= 0.6 is 0 Å². The predicted molar refractivity (Wildman–Crippen MR) is 73.2 cm³/mol. The summed E-state index contributed by atoms with van der Waals surface area (Å²) in [5, 5.41) is 0. The second-order valence-corrected chi connectivity index (χ2v) is 5.29. The van der Waals surface area contributed by atoms with Crippen LogP contribution in [0.15, 0.2) is 6.33 Å². The molecule has 1 aliphatic rings. The Bertz CT molecular complexity index is 452. The summed E-state index contributed by atoms with van der Waals surface area (Å²) in [6.07, 6.45) is 1.60. The van der Waals surface area contributed by atoms with Crippen LogP contribution < -0.4 is 20.9 Å². The van der Waals surface area contributed by atoms with Gasteiger partial charge in [0.05, 0.1) is 18.8 Å². The van der Waals surface area contributed by atoms with Crippen molar-refractivity contribution in [2.45, 2.75) is 32.5 Å². The van der Waals surface area contributed by atoms with E-state index >= 15 is 0 Å². The van der Waals surface area contributed by atoms with Crippen LogP contribution in [0.3, 0.4) is 0 Å². The summed E-state index contributed by atoms with van der Waals surface area (Å²) in [5.41, 5.74) is 2.29. The van der Waals surface area contributed by atoms with Gasteiger partial charge < -0.3 is 19.8 Å². The van der Waals surface area contributed by atoms with E-state index in [-0.39, 0.29) is 11.7 Å². The summed E-state index contributed by atoms with van der Waals surface area (Å²) in [6, 6.07) is 0. The van der Waals surface area contributed by atoms with Gasteiger partial charge in [-0.1, -0.05) is 0 Å². The van der Waals surface area contributed by atoms with E-state index in [1.54, 1.807) is 7.11 Å². The van der Waals surface area contributed by atoms with E-state index in [4.69, 9.17) is 15.3 Å². The Morgan fingerprint density at radius 2 is 2.26 bits per heavy atom. The Labute approximate surface area is 113 Å². The fraction of sp³-hybridized carbons (Fsp3) is 0.667. The lowest BCUT2D eigenvalue weighted by molar-refractivity contribution is -0.0752. The van der Waals surface area contributed by atoms with Crippen LogP contribution in [0.4, 0.5) is 11.6 Å². The largest absolute Gasteiger partial charge is 0.490 e. The molecular formula is C12H21N5O2. The van der Waals surface area contributed by atoms with Crippen molar-refractivity contribution < 1.29 is 9.47 Å². The van der Waals surface area contributed by atoms with Crippen LogP contribution in [0.2, 0.25) is 0 Å². The average Bonchev–Trinajstić information content (AvgIpc) is 2.35. The van der Waals surface area contributed by atoms with E-state index in [2.05, 4.69) is 34.1 Å². The average molecular weight is 267 g/mol. The predicted octanol–water partition coefficient (Wildman–Crippen LogP) is 0.774. The summed E-state index contributed by atoms with van der Waals surface area (Å²) in [4.78, 5) is 10.5. The molecule has 0 aliphatic carbocycles. The topological polar surface area (TPSA) is 85.5 Å². The summed E-state index contributed by atoms with van der Waals surface area (Å²) >= 11 is 0. The summed E-state index contributed by atoms with van der Waals surface area (Å²) < 4.78 is 11.3. The summed E-state index contributed by atoms with van der Waals surface area (Å²) in [6.45, 7) is 7.65. The first-order valence-electron chi connectivity index (χ1n) is 6.25. The van der Waals surface area contributed by atoms with Gasteiger partial charge in [-0.25, -0.2) is 15.8 Å². The molecule has 1 unspecified atom stereocenters. The third kappa shape index (κ3) is 2.87. The van der Waals surface area contributed by atoms with Crippen molar-refractivity contribution in [2.75, 3.05) is 30.5 Å². The number of hydrogen-bond acceptors (Lipinski definition) is 7. The second kappa shape index (κ2) is 5.18. The molecule has 0 spiro atoms. The lowest BCUT2D eigenvalue weighted by atomic mass is 10.1. The van der Waals surface area contributed by atoms with E-state index in [9.17, 15) is 0 Å². The minimum Gasteiger partial charge on any atom is -0.490 e. The van der Waals surface area contributed by atoms with Gasteiger partial charge in [0.15, 0.2) is 11.6 Å². The summed E-state index contributed by atoms with van der Waals surface area (Å²) in [7, 11) is 1.58. The fourth-order valence-corrected chi connectivity index (χ4v) is 2.50. The summed E-state index contributed by atoms with van der Waals surface area (Å²) in [5.74, 6) is 7.20. The highest BCUT2D eigenvalue weighted by atomic mass is 16.5. The molecule has 3 N–H and O–H groups in total. The molecule has 19 heavy (non-hydrogen) atoms. The normalized spacial score (nSPS) is 22.2. The second-order valence-electron chi connectivity index (χ2n) is 5.29. The zero-order chi connectivity index (χ0) is 14.0. The Morgan fingerprint density at radius 3 is 2.84 bits per heavy atom. The van der Waals surface area contributed by atoms with Crippen LogP contribution in [-0.2, 0) is 4.74 Å². The molecular weight excluding hydrogens is 246 g/mol. The van der Waals surface area contributed by atoms with Crippen LogP contribution in [0.1, 0.15) is 20.8 Å². The number of ether oxygens (including phenoxy) is 2. The number of nitrogen functional groups attached to an aromatic ring is 1. The Balaban J connectivity index is 2.35. The van der Waals surface area contributed by atoms with Gasteiger partial charge >= 0.3 is 0 Å². The van der Waals surface area contributed by atoms with E-state index in [1.165, 1.54) is 6.33 Å². The molecule has 0 saturated carbocycles. The molecule has 0 bridgehead atoms. The number of rotatable bonds is 3. The molecule has 1 aliphatic heterocycles. The number of nitrogens with zero attached hydrogens (tertiary/aromatic N) is 3. The fourth-order valence-electron chi connectivity index (χ4n) is 2.50.